The van der Waals surface area contributed by atoms with Crippen molar-refractivity contribution in [3.8, 4) is 11.5 Å². The number of hydrogen-bond acceptors (Lipinski definition) is 8. The van der Waals surface area contributed by atoms with Crippen molar-refractivity contribution in [3.63, 3.8) is 0 Å². The van der Waals surface area contributed by atoms with Gasteiger partial charge in [0.2, 0.25) is 16.9 Å². The van der Waals surface area contributed by atoms with Gasteiger partial charge in [0.25, 0.3) is 0 Å². The highest BCUT2D eigenvalue weighted by atomic mass is 79.9. The van der Waals surface area contributed by atoms with Crippen LogP contribution in [0.4, 0.5) is 10.8 Å². The summed E-state index contributed by atoms with van der Waals surface area (Å²) >= 11 is 6.44. The first-order valence-electron chi connectivity index (χ1n) is 8.46. The molecule has 0 bridgehead atoms. The lowest BCUT2D eigenvalue weighted by Gasteiger charge is -2.08. The van der Waals surface area contributed by atoms with Crippen molar-refractivity contribution in [1.29, 1.82) is 0 Å². The lowest BCUT2D eigenvalue weighted by atomic mass is 10.1. The van der Waals surface area contributed by atoms with Crippen LogP contribution in [0.15, 0.2) is 55.7 Å². The summed E-state index contributed by atoms with van der Waals surface area (Å²) in [6, 6.07) is 13.9. The van der Waals surface area contributed by atoms with Gasteiger partial charge in [-0.1, -0.05) is 51.2 Å². The first-order chi connectivity index (χ1) is 13.6. The van der Waals surface area contributed by atoms with E-state index < -0.39 is 0 Å². The Labute approximate surface area is 178 Å². The predicted octanol–water partition coefficient (Wildman–Crippen LogP) is 6.00. The van der Waals surface area contributed by atoms with Crippen molar-refractivity contribution < 1.29 is 4.42 Å². The molecule has 0 unspecified atom stereocenters. The summed E-state index contributed by atoms with van der Waals surface area (Å²) in [5.41, 5.74) is 4.38. The molecule has 0 amide bonds. The van der Waals surface area contributed by atoms with E-state index >= 15 is 0 Å². The second-order valence-corrected chi connectivity index (χ2v) is 9.16. The fraction of sp³-hybridized carbons (Fsp3) is 0.158. The Morgan fingerprint density at radius 2 is 1.86 bits per heavy atom. The van der Waals surface area contributed by atoms with Crippen LogP contribution in [-0.2, 0) is 5.75 Å². The summed E-state index contributed by atoms with van der Waals surface area (Å²) in [5, 5.41) is 20.8. The maximum Gasteiger partial charge on any atom is 0.247 e. The highest BCUT2D eigenvalue weighted by Crippen LogP contribution is 2.31. The van der Waals surface area contributed by atoms with Gasteiger partial charge in [0.05, 0.1) is 5.75 Å². The molecule has 0 atom stereocenters. The minimum Gasteiger partial charge on any atom is -0.420 e. The van der Waals surface area contributed by atoms with E-state index in [4.69, 9.17) is 4.42 Å². The van der Waals surface area contributed by atoms with Gasteiger partial charge in [0.15, 0.2) is 4.34 Å². The molecular weight excluding hydrogens is 458 g/mol. The van der Waals surface area contributed by atoms with Crippen LogP contribution in [0.5, 0.6) is 0 Å². The molecule has 9 heteroatoms. The standard InChI is InChI=1S/C19H16BrN5OS2/c1-11-4-3-5-15(12(11)2)21-18-24-25-19(28-18)27-10-16-22-23-17(26-16)13-6-8-14(20)9-7-13/h3-9H,10H2,1-2H3,(H,21,24). The van der Waals surface area contributed by atoms with Crippen LogP contribution in [0.2, 0.25) is 0 Å². The summed E-state index contributed by atoms with van der Waals surface area (Å²) in [4.78, 5) is 0. The smallest absolute Gasteiger partial charge is 0.247 e. The third-order valence-corrected chi connectivity index (χ3v) is 6.62. The Morgan fingerprint density at radius 3 is 2.68 bits per heavy atom. The molecule has 0 radical (unpaired) electrons. The normalized spacial score (nSPS) is 11.0. The van der Waals surface area contributed by atoms with E-state index in [0.717, 1.165) is 25.2 Å². The zero-order chi connectivity index (χ0) is 19.5. The van der Waals surface area contributed by atoms with Gasteiger partial charge in [0.1, 0.15) is 0 Å². The number of hydrogen-bond donors (Lipinski definition) is 1. The minimum atomic E-state index is 0.512. The third kappa shape index (κ3) is 4.43. The Balaban J connectivity index is 1.38. The first-order valence-corrected chi connectivity index (χ1v) is 11.1. The molecule has 0 aliphatic rings. The van der Waals surface area contributed by atoms with Crippen LogP contribution in [0.1, 0.15) is 17.0 Å². The molecule has 0 aliphatic heterocycles. The molecular formula is C19H16BrN5OS2. The summed E-state index contributed by atoms with van der Waals surface area (Å²) in [6.07, 6.45) is 0. The van der Waals surface area contributed by atoms with E-state index in [1.807, 2.05) is 36.4 Å². The van der Waals surface area contributed by atoms with Gasteiger partial charge in [-0.05, 0) is 55.3 Å². The van der Waals surface area contributed by atoms with E-state index in [2.05, 4.69) is 61.6 Å². The number of aromatic nitrogens is 4. The number of anilines is 2. The van der Waals surface area contributed by atoms with E-state index in [1.54, 1.807) is 0 Å². The van der Waals surface area contributed by atoms with Gasteiger partial charge >= 0.3 is 0 Å². The predicted molar refractivity (Wildman–Crippen MR) is 116 cm³/mol. The molecule has 2 heterocycles. The molecule has 4 rings (SSSR count). The zero-order valence-electron chi connectivity index (χ0n) is 15.1. The summed E-state index contributed by atoms with van der Waals surface area (Å²) in [6.45, 7) is 4.18. The fourth-order valence-corrected chi connectivity index (χ4v) is 4.33. The van der Waals surface area contributed by atoms with E-state index in [9.17, 15) is 0 Å². The molecule has 6 nitrogen and oxygen atoms in total. The molecule has 0 saturated carbocycles. The Hall–Kier alpha value is -2.23. The maximum atomic E-state index is 5.75. The van der Waals surface area contributed by atoms with Gasteiger partial charge < -0.3 is 9.73 Å². The molecule has 1 N–H and O–H groups in total. The van der Waals surface area contributed by atoms with Crippen molar-refractivity contribution in [2.75, 3.05) is 5.32 Å². The number of nitrogens with one attached hydrogen (secondary N) is 1. The molecule has 2 aromatic carbocycles. The van der Waals surface area contributed by atoms with Crippen LogP contribution in [0, 0.1) is 13.8 Å². The number of halogens is 1. The highest BCUT2D eigenvalue weighted by Gasteiger charge is 2.12. The van der Waals surface area contributed by atoms with Crippen molar-refractivity contribution >= 4 is 49.8 Å². The third-order valence-electron chi connectivity index (χ3n) is 4.13. The number of rotatable bonds is 6. The monoisotopic (exact) mass is 473 g/mol. The summed E-state index contributed by atoms with van der Waals surface area (Å²) in [5.74, 6) is 1.61. The zero-order valence-corrected chi connectivity index (χ0v) is 18.4. The van der Waals surface area contributed by atoms with Crippen LogP contribution >= 0.6 is 39.0 Å². The van der Waals surface area contributed by atoms with E-state index in [-0.39, 0.29) is 0 Å². The quantitative estimate of drug-likeness (QED) is 0.343. The number of thioether (sulfide) groups is 1. The number of nitrogens with zero attached hydrogens (tertiary/aromatic N) is 4. The second-order valence-electron chi connectivity index (χ2n) is 6.04. The number of aryl methyl sites for hydroxylation is 1. The van der Waals surface area contributed by atoms with Gasteiger partial charge in [-0.25, -0.2) is 0 Å². The molecule has 0 spiro atoms. The second kappa shape index (κ2) is 8.42. The average molecular weight is 474 g/mol. The number of benzene rings is 2. The molecule has 0 aliphatic carbocycles. The molecule has 0 fully saturated rings. The lowest BCUT2D eigenvalue weighted by molar-refractivity contribution is 0.528. The van der Waals surface area contributed by atoms with E-state index in [0.29, 0.717) is 17.5 Å². The largest absolute Gasteiger partial charge is 0.420 e. The maximum absolute atomic E-state index is 5.75. The van der Waals surface area contributed by atoms with Crippen LogP contribution in [0.3, 0.4) is 0 Å². The van der Waals surface area contributed by atoms with Gasteiger partial charge in [-0.15, -0.1) is 20.4 Å². The molecule has 0 saturated heterocycles. The fourth-order valence-electron chi connectivity index (χ4n) is 2.46. The Bertz CT molecular complexity index is 1090. The van der Waals surface area contributed by atoms with Gasteiger partial charge in [-0.2, -0.15) is 0 Å². The lowest BCUT2D eigenvalue weighted by Crippen LogP contribution is -1.94. The van der Waals surface area contributed by atoms with Gasteiger partial charge in [0, 0.05) is 15.7 Å². The van der Waals surface area contributed by atoms with Crippen LogP contribution in [-0.4, -0.2) is 20.4 Å². The molecule has 2 aromatic heterocycles. The highest BCUT2D eigenvalue weighted by molar-refractivity contribution is 9.10. The summed E-state index contributed by atoms with van der Waals surface area (Å²) < 4.78 is 7.60. The first kappa shape index (κ1) is 19.1. The van der Waals surface area contributed by atoms with Crippen molar-refractivity contribution in [2.24, 2.45) is 0 Å². The van der Waals surface area contributed by atoms with Crippen molar-refractivity contribution in [2.45, 2.75) is 23.9 Å². The molecule has 28 heavy (non-hydrogen) atoms. The summed E-state index contributed by atoms with van der Waals surface area (Å²) in [7, 11) is 0. The average Bonchev–Trinajstić information content (AvgIpc) is 3.34. The Kier molecular flexibility index (Phi) is 5.74. The van der Waals surface area contributed by atoms with Gasteiger partial charge in [-0.3, -0.25) is 0 Å². The molecule has 4 aromatic rings. The minimum absolute atomic E-state index is 0.512. The van der Waals surface area contributed by atoms with Crippen molar-refractivity contribution in [1.82, 2.24) is 20.4 Å². The van der Waals surface area contributed by atoms with Crippen LogP contribution in [0.25, 0.3) is 11.5 Å². The Morgan fingerprint density at radius 1 is 1.04 bits per heavy atom. The SMILES string of the molecule is Cc1cccc(Nc2nnc(SCc3nnc(-c4ccc(Br)cc4)o3)s2)c1C. The van der Waals surface area contributed by atoms with Crippen LogP contribution < -0.4 is 5.32 Å². The van der Waals surface area contributed by atoms with Crippen molar-refractivity contribution in [3.05, 3.63) is 64.0 Å². The molecule has 142 valence electrons. The van der Waals surface area contributed by atoms with E-state index in [1.165, 1.54) is 34.2 Å². The topological polar surface area (TPSA) is 76.7 Å².